The second-order valence-corrected chi connectivity index (χ2v) is 7.08. The number of carbonyl (C=O) groups is 3. The summed E-state index contributed by atoms with van der Waals surface area (Å²) in [6.07, 6.45) is -0.470. The van der Waals surface area contributed by atoms with E-state index in [1.54, 1.807) is 45.0 Å². The van der Waals surface area contributed by atoms with Crippen molar-refractivity contribution >= 4 is 35.4 Å². The first-order valence-electron chi connectivity index (χ1n) is 7.42. The number of hydrogen-bond donors (Lipinski definition) is 3. The molecule has 0 atom stereocenters. The second kappa shape index (κ2) is 9.17. The minimum Gasteiger partial charge on any atom is -0.444 e. The van der Waals surface area contributed by atoms with Crippen LogP contribution in [0.25, 0.3) is 0 Å². The molecule has 0 fully saturated rings. The third-order valence-electron chi connectivity index (χ3n) is 2.60. The average molecular weight is 353 g/mol. The van der Waals surface area contributed by atoms with Gasteiger partial charge < -0.3 is 21.1 Å². The predicted molar refractivity (Wildman–Crippen MR) is 95.2 cm³/mol. The van der Waals surface area contributed by atoms with E-state index in [0.717, 1.165) is 0 Å². The van der Waals surface area contributed by atoms with E-state index in [0.29, 0.717) is 23.5 Å². The highest BCUT2D eigenvalue weighted by Crippen LogP contribution is 2.10. The first-order chi connectivity index (χ1) is 11.2. The minimum atomic E-state index is -0.527. The Kier molecular flexibility index (Phi) is 7.57. The van der Waals surface area contributed by atoms with Crippen LogP contribution in [0.2, 0.25) is 0 Å². The van der Waals surface area contributed by atoms with Crippen LogP contribution in [-0.4, -0.2) is 41.6 Å². The molecule has 24 heavy (non-hydrogen) atoms. The first-order valence-corrected chi connectivity index (χ1v) is 8.57. The van der Waals surface area contributed by atoms with Crippen molar-refractivity contribution < 1.29 is 19.1 Å². The highest BCUT2D eigenvalue weighted by molar-refractivity contribution is 7.99. The van der Waals surface area contributed by atoms with Gasteiger partial charge in [-0.1, -0.05) is 0 Å². The van der Waals surface area contributed by atoms with Crippen LogP contribution in [0.4, 0.5) is 10.5 Å². The van der Waals surface area contributed by atoms with Gasteiger partial charge >= 0.3 is 6.09 Å². The number of carbonyl (C=O) groups excluding carboxylic acids is 3. The summed E-state index contributed by atoms with van der Waals surface area (Å²) in [4.78, 5) is 34.2. The molecule has 0 heterocycles. The van der Waals surface area contributed by atoms with E-state index in [4.69, 9.17) is 10.5 Å². The van der Waals surface area contributed by atoms with Crippen molar-refractivity contribution in [3.8, 4) is 0 Å². The Morgan fingerprint density at radius 3 is 2.33 bits per heavy atom. The highest BCUT2D eigenvalue weighted by Gasteiger charge is 2.15. The van der Waals surface area contributed by atoms with Gasteiger partial charge in [0.05, 0.1) is 5.75 Å². The fraction of sp³-hybridized carbons (Fsp3) is 0.438. The standard InChI is InChI=1S/C16H23N3O4S/c1-16(2,3)23-15(22)18-8-9-24-10-13(20)19-12-6-4-11(5-7-12)14(17)21/h4-7H,8-10H2,1-3H3,(H2,17,21)(H,18,22)(H,19,20). The summed E-state index contributed by atoms with van der Waals surface area (Å²) in [6.45, 7) is 5.80. The second-order valence-electron chi connectivity index (χ2n) is 5.97. The van der Waals surface area contributed by atoms with Crippen LogP contribution in [0.3, 0.4) is 0 Å². The van der Waals surface area contributed by atoms with Crippen LogP contribution in [0.1, 0.15) is 31.1 Å². The van der Waals surface area contributed by atoms with E-state index < -0.39 is 17.6 Å². The van der Waals surface area contributed by atoms with E-state index >= 15 is 0 Å². The number of primary amides is 1. The fourth-order valence-corrected chi connectivity index (χ4v) is 2.27. The lowest BCUT2D eigenvalue weighted by Gasteiger charge is -2.19. The summed E-state index contributed by atoms with van der Waals surface area (Å²) in [7, 11) is 0. The van der Waals surface area contributed by atoms with Gasteiger partial charge in [-0.15, -0.1) is 0 Å². The molecule has 0 saturated carbocycles. The summed E-state index contributed by atoms with van der Waals surface area (Å²) in [5.41, 5.74) is 5.60. The van der Waals surface area contributed by atoms with Crippen molar-refractivity contribution in [3.05, 3.63) is 29.8 Å². The Balaban J connectivity index is 2.20. The van der Waals surface area contributed by atoms with Crippen LogP contribution in [0.15, 0.2) is 24.3 Å². The molecule has 0 aromatic heterocycles. The highest BCUT2D eigenvalue weighted by atomic mass is 32.2. The van der Waals surface area contributed by atoms with Crippen LogP contribution in [0.5, 0.6) is 0 Å². The maximum absolute atomic E-state index is 11.8. The summed E-state index contributed by atoms with van der Waals surface area (Å²) < 4.78 is 5.10. The molecule has 0 bridgehead atoms. The molecule has 0 radical (unpaired) electrons. The maximum Gasteiger partial charge on any atom is 0.407 e. The number of thioether (sulfide) groups is 1. The zero-order valence-electron chi connectivity index (χ0n) is 14.0. The Morgan fingerprint density at radius 1 is 1.17 bits per heavy atom. The van der Waals surface area contributed by atoms with Gasteiger partial charge in [0.1, 0.15) is 5.60 Å². The normalized spacial score (nSPS) is 10.8. The smallest absolute Gasteiger partial charge is 0.407 e. The van der Waals surface area contributed by atoms with Crippen molar-refractivity contribution in [2.45, 2.75) is 26.4 Å². The molecule has 0 aliphatic carbocycles. The lowest BCUT2D eigenvalue weighted by atomic mass is 10.2. The average Bonchev–Trinajstić information content (AvgIpc) is 2.45. The summed E-state index contributed by atoms with van der Waals surface area (Å²) in [5.74, 6) is 0.172. The number of benzene rings is 1. The molecule has 0 aliphatic rings. The fourth-order valence-electron chi connectivity index (χ4n) is 1.62. The first kappa shape index (κ1) is 19.8. The van der Waals surface area contributed by atoms with Crippen molar-refractivity contribution in [3.63, 3.8) is 0 Å². The van der Waals surface area contributed by atoms with Crippen LogP contribution >= 0.6 is 11.8 Å². The molecule has 1 rings (SSSR count). The monoisotopic (exact) mass is 353 g/mol. The third kappa shape index (κ3) is 8.42. The molecule has 0 saturated heterocycles. The van der Waals surface area contributed by atoms with Gasteiger partial charge in [-0.3, -0.25) is 9.59 Å². The molecule has 3 amide bonds. The lowest BCUT2D eigenvalue weighted by Crippen LogP contribution is -2.33. The lowest BCUT2D eigenvalue weighted by molar-refractivity contribution is -0.113. The predicted octanol–water partition coefficient (Wildman–Crippen LogP) is 1.98. The van der Waals surface area contributed by atoms with Gasteiger partial charge in [0.25, 0.3) is 0 Å². The van der Waals surface area contributed by atoms with Crippen molar-refractivity contribution in [1.82, 2.24) is 5.32 Å². The van der Waals surface area contributed by atoms with Crippen LogP contribution in [0, 0.1) is 0 Å². The quantitative estimate of drug-likeness (QED) is 0.649. The molecule has 0 aliphatic heterocycles. The van der Waals surface area contributed by atoms with E-state index in [-0.39, 0.29) is 11.7 Å². The molecule has 8 heteroatoms. The van der Waals surface area contributed by atoms with Gasteiger partial charge in [0.2, 0.25) is 11.8 Å². The molecule has 1 aromatic carbocycles. The van der Waals surface area contributed by atoms with E-state index in [1.165, 1.54) is 11.8 Å². The van der Waals surface area contributed by atoms with Gasteiger partial charge in [-0.05, 0) is 45.0 Å². The number of nitrogens with two attached hydrogens (primary N) is 1. The summed E-state index contributed by atoms with van der Waals surface area (Å²) in [6, 6.07) is 6.34. The topological polar surface area (TPSA) is 111 Å². The number of amides is 3. The number of hydrogen-bond acceptors (Lipinski definition) is 5. The Labute approximate surface area is 145 Å². The van der Waals surface area contributed by atoms with Crippen LogP contribution in [-0.2, 0) is 9.53 Å². The van der Waals surface area contributed by atoms with E-state index in [1.807, 2.05) is 0 Å². The Hall–Kier alpha value is -2.22. The Morgan fingerprint density at radius 2 is 1.79 bits per heavy atom. The molecular weight excluding hydrogens is 330 g/mol. The van der Waals surface area contributed by atoms with Gasteiger partial charge in [0, 0.05) is 23.5 Å². The number of rotatable bonds is 7. The number of alkyl carbamates (subject to hydrolysis) is 1. The third-order valence-corrected chi connectivity index (χ3v) is 3.56. The summed E-state index contributed by atoms with van der Waals surface area (Å²) in [5, 5.41) is 5.34. The molecule has 1 aromatic rings. The molecule has 0 spiro atoms. The number of nitrogens with one attached hydrogen (secondary N) is 2. The molecule has 7 nitrogen and oxygen atoms in total. The van der Waals surface area contributed by atoms with E-state index in [9.17, 15) is 14.4 Å². The van der Waals surface area contributed by atoms with Crippen molar-refractivity contribution in [1.29, 1.82) is 0 Å². The molecule has 132 valence electrons. The zero-order valence-corrected chi connectivity index (χ0v) is 14.9. The SMILES string of the molecule is CC(C)(C)OC(=O)NCCSCC(=O)Nc1ccc(C(N)=O)cc1. The largest absolute Gasteiger partial charge is 0.444 e. The molecule has 0 unspecified atom stereocenters. The van der Waals surface area contributed by atoms with E-state index in [2.05, 4.69) is 10.6 Å². The van der Waals surface area contributed by atoms with Crippen LogP contribution < -0.4 is 16.4 Å². The molecular formula is C16H23N3O4S. The van der Waals surface area contributed by atoms with Gasteiger partial charge in [-0.25, -0.2) is 4.79 Å². The molecule has 4 N–H and O–H groups in total. The number of ether oxygens (including phenoxy) is 1. The minimum absolute atomic E-state index is 0.163. The van der Waals surface area contributed by atoms with Crippen molar-refractivity contribution in [2.24, 2.45) is 5.73 Å². The zero-order chi connectivity index (χ0) is 18.2. The van der Waals surface area contributed by atoms with Gasteiger partial charge in [-0.2, -0.15) is 11.8 Å². The summed E-state index contributed by atoms with van der Waals surface area (Å²) >= 11 is 1.39. The Bertz CT molecular complexity index is 582. The van der Waals surface area contributed by atoms with Gasteiger partial charge in [0.15, 0.2) is 0 Å². The maximum atomic E-state index is 11.8. The number of anilines is 1. The van der Waals surface area contributed by atoms with Crippen molar-refractivity contribution in [2.75, 3.05) is 23.4 Å².